The van der Waals surface area contributed by atoms with Crippen LogP contribution in [0.25, 0.3) is 11.6 Å². The van der Waals surface area contributed by atoms with Gasteiger partial charge in [-0.25, -0.2) is 0 Å². The Bertz CT molecular complexity index is 1750. The van der Waals surface area contributed by atoms with Gasteiger partial charge >= 0.3 is 0 Å². The van der Waals surface area contributed by atoms with E-state index >= 15 is 0 Å². The molecule has 44 heavy (non-hydrogen) atoms. The molecular formula is C38H34N2O4. The fraction of sp³-hybridized carbons (Fsp3) is 0.237. The number of benzene rings is 4. The number of carbonyl (C=O) groups is 2. The molecule has 0 unspecified atom stereocenters. The molecule has 0 aromatic heterocycles. The quantitative estimate of drug-likeness (QED) is 0.176. The van der Waals surface area contributed by atoms with Crippen LogP contribution in [0.2, 0.25) is 0 Å². The van der Waals surface area contributed by atoms with Crippen LogP contribution in [0.5, 0.6) is 11.5 Å². The van der Waals surface area contributed by atoms with Crippen molar-refractivity contribution in [2.24, 2.45) is 4.99 Å². The third-order valence-corrected chi connectivity index (χ3v) is 8.65. The molecule has 0 spiro atoms. The van der Waals surface area contributed by atoms with Crippen molar-refractivity contribution in [1.29, 1.82) is 0 Å². The molecule has 3 aliphatic rings. The van der Waals surface area contributed by atoms with Gasteiger partial charge in [0, 0.05) is 30.0 Å². The first kappa shape index (κ1) is 27.8. The summed E-state index contributed by atoms with van der Waals surface area (Å²) in [5.41, 5.74) is 7.79. The van der Waals surface area contributed by atoms with Crippen LogP contribution in [0.3, 0.4) is 0 Å². The number of aryl methyl sites for hydroxylation is 1. The number of unbranched alkanes of at least 4 members (excludes halogenated alkanes) is 1. The first-order valence-corrected chi connectivity index (χ1v) is 15.4. The first-order valence-electron chi connectivity index (χ1n) is 15.4. The Morgan fingerprint density at radius 1 is 0.818 bits per heavy atom. The van der Waals surface area contributed by atoms with Gasteiger partial charge in [0.2, 0.25) is 0 Å². The highest BCUT2D eigenvalue weighted by atomic mass is 16.5. The maximum absolute atomic E-state index is 13.0. The minimum absolute atomic E-state index is 0.0672. The van der Waals surface area contributed by atoms with Crippen LogP contribution in [-0.4, -0.2) is 48.6 Å². The van der Waals surface area contributed by atoms with Gasteiger partial charge in [0.25, 0.3) is 5.91 Å². The third kappa shape index (κ3) is 5.32. The van der Waals surface area contributed by atoms with E-state index in [2.05, 4.69) is 11.1 Å². The molecule has 4 aromatic rings. The fourth-order valence-electron chi connectivity index (χ4n) is 6.31. The van der Waals surface area contributed by atoms with E-state index in [0.717, 1.165) is 82.7 Å². The molecule has 220 valence electrons. The zero-order valence-electron chi connectivity index (χ0n) is 24.8. The second-order valence-electron chi connectivity index (χ2n) is 11.6. The topological polar surface area (TPSA) is 68.2 Å². The van der Waals surface area contributed by atoms with E-state index in [1.54, 1.807) is 0 Å². The molecule has 0 bridgehead atoms. The van der Waals surface area contributed by atoms with Crippen molar-refractivity contribution in [3.8, 4) is 11.5 Å². The average molecular weight is 583 g/mol. The summed E-state index contributed by atoms with van der Waals surface area (Å²) in [4.78, 5) is 32.6. The predicted molar refractivity (Wildman–Crippen MR) is 173 cm³/mol. The van der Waals surface area contributed by atoms with E-state index in [-0.39, 0.29) is 17.7 Å². The van der Waals surface area contributed by atoms with Crippen molar-refractivity contribution in [3.63, 3.8) is 0 Å². The number of carbonyl (C=O) groups excluding carboxylic acids is 2. The van der Waals surface area contributed by atoms with Crippen LogP contribution in [0.1, 0.15) is 74.2 Å². The molecule has 0 N–H and O–H groups in total. The molecule has 7 rings (SSSR count). The lowest BCUT2D eigenvalue weighted by Gasteiger charge is -2.21. The zero-order chi connectivity index (χ0) is 30.0. The molecule has 1 amide bonds. The summed E-state index contributed by atoms with van der Waals surface area (Å²) in [5, 5.41) is 0. The zero-order valence-corrected chi connectivity index (χ0v) is 24.8. The minimum atomic E-state index is 0.0672. The number of nitrogens with zero attached hydrogens (tertiary/aromatic N) is 2. The Labute approximate surface area is 257 Å². The molecule has 6 nitrogen and oxygen atoms in total. The van der Waals surface area contributed by atoms with Crippen LogP contribution >= 0.6 is 0 Å². The Morgan fingerprint density at radius 2 is 1.48 bits per heavy atom. The number of hydrogen-bond acceptors (Lipinski definition) is 5. The van der Waals surface area contributed by atoms with Crippen LogP contribution in [0.4, 0.5) is 5.69 Å². The monoisotopic (exact) mass is 582 g/mol. The van der Waals surface area contributed by atoms with Crippen molar-refractivity contribution < 1.29 is 19.1 Å². The van der Waals surface area contributed by atoms with E-state index in [1.807, 2.05) is 103 Å². The van der Waals surface area contributed by atoms with Crippen molar-refractivity contribution in [1.82, 2.24) is 4.90 Å². The molecule has 1 saturated heterocycles. The Hall–Kier alpha value is -4.97. The smallest absolute Gasteiger partial charge is 0.256 e. The highest BCUT2D eigenvalue weighted by Gasteiger charge is 2.32. The molecule has 1 aliphatic carbocycles. The van der Waals surface area contributed by atoms with Gasteiger partial charge in [0.15, 0.2) is 5.78 Å². The number of hydrogen-bond donors (Lipinski definition) is 0. The molecule has 0 saturated carbocycles. The summed E-state index contributed by atoms with van der Waals surface area (Å²) in [6.45, 7) is 3.93. The molecule has 4 aromatic carbocycles. The van der Waals surface area contributed by atoms with E-state index < -0.39 is 0 Å². The van der Waals surface area contributed by atoms with Crippen LogP contribution in [0, 0.1) is 6.92 Å². The highest BCUT2D eigenvalue weighted by molar-refractivity contribution is 6.20. The van der Waals surface area contributed by atoms with Gasteiger partial charge < -0.3 is 14.4 Å². The Morgan fingerprint density at radius 3 is 2.18 bits per heavy atom. The SMILES string of the molecule is Cc1cc2c(cc1OCCCCOc1ccc(C=C3c4ccccc4C(=O)c4ccccc43)cc1)N=C[C@@H]1CCCN1C2=O. The minimum Gasteiger partial charge on any atom is -0.494 e. The van der Waals surface area contributed by atoms with Gasteiger partial charge in [-0.15, -0.1) is 0 Å². The summed E-state index contributed by atoms with van der Waals surface area (Å²) in [5.74, 6) is 1.73. The Balaban J connectivity index is 0.938. The molecule has 2 aliphatic heterocycles. The molecule has 0 radical (unpaired) electrons. The summed E-state index contributed by atoms with van der Waals surface area (Å²) < 4.78 is 12.1. The number of amides is 1. The third-order valence-electron chi connectivity index (χ3n) is 8.65. The van der Waals surface area contributed by atoms with Crippen molar-refractivity contribution in [3.05, 3.63) is 124 Å². The average Bonchev–Trinajstić information content (AvgIpc) is 3.49. The van der Waals surface area contributed by atoms with E-state index in [1.165, 1.54) is 0 Å². The standard InChI is InChI=1S/C38H34N2O4/c1-25-21-34-35(39-24-27-9-8-18-40(27)38(34)42)23-36(25)44-20-7-6-19-43-28-16-14-26(15-17-28)22-33-29-10-2-4-12-31(29)37(41)32-13-5-3-11-30(32)33/h2-5,10-17,21-24,27H,6-9,18-20H2,1H3/t27-/m0/s1. The maximum Gasteiger partial charge on any atom is 0.256 e. The second-order valence-corrected chi connectivity index (χ2v) is 11.6. The summed E-state index contributed by atoms with van der Waals surface area (Å²) in [6, 6.07) is 27.6. The largest absolute Gasteiger partial charge is 0.494 e. The summed E-state index contributed by atoms with van der Waals surface area (Å²) >= 11 is 0. The van der Waals surface area contributed by atoms with Gasteiger partial charge in [-0.2, -0.15) is 0 Å². The van der Waals surface area contributed by atoms with Gasteiger partial charge in [0.05, 0.1) is 30.5 Å². The van der Waals surface area contributed by atoms with E-state index in [4.69, 9.17) is 9.47 Å². The predicted octanol–water partition coefficient (Wildman–Crippen LogP) is 7.69. The normalized spacial score (nSPS) is 16.5. The lowest BCUT2D eigenvalue weighted by Crippen LogP contribution is -2.35. The van der Waals surface area contributed by atoms with Crippen LogP contribution in [-0.2, 0) is 0 Å². The number of fused-ring (bicyclic) bond motifs is 4. The van der Waals surface area contributed by atoms with E-state index in [0.29, 0.717) is 24.5 Å². The molecule has 1 atom stereocenters. The summed E-state index contributed by atoms with van der Waals surface area (Å²) in [6.07, 6.45) is 7.75. The van der Waals surface area contributed by atoms with E-state index in [9.17, 15) is 9.59 Å². The lowest BCUT2D eigenvalue weighted by atomic mass is 9.81. The van der Waals surface area contributed by atoms with Crippen LogP contribution in [0.15, 0.2) is 89.9 Å². The second kappa shape index (κ2) is 12.0. The molecule has 2 heterocycles. The van der Waals surface area contributed by atoms with Gasteiger partial charge in [-0.1, -0.05) is 60.7 Å². The number of ether oxygens (including phenoxy) is 2. The maximum atomic E-state index is 13.0. The first-order chi connectivity index (χ1) is 21.6. The highest BCUT2D eigenvalue weighted by Crippen LogP contribution is 2.37. The van der Waals surface area contributed by atoms with Crippen molar-refractivity contribution >= 4 is 35.2 Å². The van der Waals surface area contributed by atoms with Gasteiger partial charge in [-0.05, 0) is 84.7 Å². The van der Waals surface area contributed by atoms with Crippen LogP contribution < -0.4 is 9.47 Å². The molecule has 6 heteroatoms. The van der Waals surface area contributed by atoms with Crippen molar-refractivity contribution in [2.45, 2.75) is 38.6 Å². The number of aliphatic imine (C=N–C) groups is 1. The van der Waals surface area contributed by atoms with Gasteiger partial charge in [-0.3, -0.25) is 14.6 Å². The number of ketones is 1. The van der Waals surface area contributed by atoms with Gasteiger partial charge in [0.1, 0.15) is 11.5 Å². The lowest BCUT2D eigenvalue weighted by molar-refractivity contribution is 0.0774. The van der Waals surface area contributed by atoms with Crippen molar-refractivity contribution in [2.75, 3.05) is 19.8 Å². The Kier molecular flexibility index (Phi) is 7.57. The molecular weight excluding hydrogens is 548 g/mol. The fourth-order valence-corrected chi connectivity index (χ4v) is 6.31. The molecule has 1 fully saturated rings. The summed E-state index contributed by atoms with van der Waals surface area (Å²) in [7, 11) is 0. The number of rotatable bonds is 8.